The number of hydrogen-bond acceptors (Lipinski definition) is 7. The van der Waals surface area contributed by atoms with E-state index in [0.717, 1.165) is 6.07 Å². The first kappa shape index (κ1) is 20.9. The average Bonchev–Trinajstić information content (AvgIpc) is 3.41. The largest absolute Gasteiger partial charge is 0.507 e. The molecule has 9 heteroatoms. The second-order valence-corrected chi connectivity index (χ2v) is 7.06. The highest BCUT2D eigenvalue weighted by Crippen LogP contribution is 2.43. The van der Waals surface area contributed by atoms with E-state index in [1.165, 1.54) is 36.5 Å². The monoisotopic (exact) mass is 434 g/mol. The number of Topliss-reactive ketones (excluding diaryl/α,β-unsaturated/α-hetero) is 1. The summed E-state index contributed by atoms with van der Waals surface area (Å²) >= 11 is 0. The number of ether oxygens (including phenoxy) is 1. The van der Waals surface area contributed by atoms with Gasteiger partial charge in [-0.1, -0.05) is 30.3 Å². The number of nitro groups is 1. The minimum absolute atomic E-state index is 0.0218. The van der Waals surface area contributed by atoms with Crippen molar-refractivity contribution in [2.75, 3.05) is 7.11 Å². The zero-order chi connectivity index (χ0) is 22.8. The summed E-state index contributed by atoms with van der Waals surface area (Å²) in [5, 5.41) is 22.2. The fourth-order valence-electron chi connectivity index (χ4n) is 3.75. The predicted octanol–water partition coefficient (Wildman–Crippen LogP) is 3.82. The lowest BCUT2D eigenvalue weighted by Gasteiger charge is -2.25. The van der Waals surface area contributed by atoms with Gasteiger partial charge in [0.1, 0.15) is 17.3 Å². The highest BCUT2D eigenvalue weighted by Gasteiger charge is 2.47. The van der Waals surface area contributed by atoms with Crippen LogP contribution in [0.15, 0.2) is 76.9 Å². The van der Waals surface area contributed by atoms with Crippen LogP contribution in [0.2, 0.25) is 0 Å². The third kappa shape index (κ3) is 3.60. The summed E-state index contributed by atoms with van der Waals surface area (Å²) in [7, 11) is 1.46. The molecule has 1 atom stereocenters. The van der Waals surface area contributed by atoms with E-state index in [2.05, 4.69) is 0 Å². The number of rotatable bonds is 6. The zero-order valence-electron chi connectivity index (χ0n) is 16.9. The number of aliphatic hydroxyl groups excluding tert-OH is 1. The maximum atomic E-state index is 13.0. The Morgan fingerprint density at radius 1 is 1.16 bits per heavy atom. The van der Waals surface area contributed by atoms with Crippen LogP contribution in [0.5, 0.6) is 5.75 Å². The quantitative estimate of drug-likeness (QED) is 0.206. The topological polar surface area (TPSA) is 123 Å². The number of ketones is 1. The molecule has 0 spiro atoms. The van der Waals surface area contributed by atoms with Gasteiger partial charge in [-0.15, -0.1) is 0 Å². The third-order valence-corrected chi connectivity index (χ3v) is 5.21. The number of amides is 1. The molecule has 2 aromatic carbocycles. The minimum atomic E-state index is -0.990. The van der Waals surface area contributed by atoms with Gasteiger partial charge in [-0.2, -0.15) is 0 Å². The van der Waals surface area contributed by atoms with Gasteiger partial charge >= 0.3 is 0 Å². The summed E-state index contributed by atoms with van der Waals surface area (Å²) in [6, 6.07) is 14.4. The molecule has 32 heavy (non-hydrogen) atoms. The first-order valence-electron chi connectivity index (χ1n) is 9.61. The summed E-state index contributed by atoms with van der Waals surface area (Å²) < 4.78 is 10.8. The van der Waals surface area contributed by atoms with Gasteiger partial charge in [0, 0.05) is 23.3 Å². The molecular formula is C23H18N2O7. The first-order chi connectivity index (χ1) is 15.4. The van der Waals surface area contributed by atoms with Gasteiger partial charge in [-0.3, -0.25) is 19.7 Å². The van der Waals surface area contributed by atoms with Crippen LogP contribution in [0.25, 0.3) is 5.76 Å². The van der Waals surface area contributed by atoms with Crippen molar-refractivity contribution < 1.29 is 28.8 Å². The predicted molar refractivity (Wildman–Crippen MR) is 113 cm³/mol. The zero-order valence-corrected chi connectivity index (χ0v) is 16.9. The molecule has 0 aliphatic carbocycles. The van der Waals surface area contributed by atoms with Crippen molar-refractivity contribution in [2.24, 2.45) is 0 Å². The molecular weight excluding hydrogens is 416 g/mol. The number of nitrogens with zero attached hydrogens (tertiary/aromatic N) is 2. The lowest BCUT2D eigenvalue weighted by molar-refractivity contribution is -0.384. The molecule has 1 aliphatic heterocycles. The van der Waals surface area contributed by atoms with Gasteiger partial charge in [-0.05, 0) is 18.2 Å². The number of hydrogen-bond donors (Lipinski definition) is 1. The number of nitro benzene ring substituents is 1. The van der Waals surface area contributed by atoms with Gasteiger partial charge in [0.25, 0.3) is 17.4 Å². The van der Waals surface area contributed by atoms with Gasteiger partial charge in [-0.25, -0.2) is 0 Å². The van der Waals surface area contributed by atoms with Crippen molar-refractivity contribution in [3.8, 4) is 5.75 Å². The Morgan fingerprint density at radius 2 is 1.94 bits per heavy atom. The maximum Gasteiger partial charge on any atom is 0.296 e. The lowest BCUT2D eigenvalue weighted by atomic mass is 9.94. The number of carbonyl (C=O) groups excluding carboxylic acids is 2. The molecule has 1 saturated heterocycles. The number of carbonyl (C=O) groups is 2. The molecule has 1 fully saturated rings. The molecule has 9 nitrogen and oxygen atoms in total. The second kappa shape index (κ2) is 8.38. The third-order valence-electron chi connectivity index (χ3n) is 5.21. The van der Waals surface area contributed by atoms with E-state index >= 15 is 0 Å². The highest BCUT2D eigenvalue weighted by molar-refractivity contribution is 6.46. The molecule has 0 bridgehead atoms. The van der Waals surface area contributed by atoms with Crippen molar-refractivity contribution in [3.63, 3.8) is 0 Å². The van der Waals surface area contributed by atoms with Gasteiger partial charge < -0.3 is 19.2 Å². The van der Waals surface area contributed by atoms with Crippen LogP contribution in [0.1, 0.15) is 22.9 Å². The van der Waals surface area contributed by atoms with Crippen molar-refractivity contribution in [1.82, 2.24) is 4.90 Å². The number of aliphatic hydroxyl groups is 1. The molecule has 1 aromatic heterocycles. The summed E-state index contributed by atoms with van der Waals surface area (Å²) in [5.41, 5.74) is 0.0853. The lowest BCUT2D eigenvalue weighted by Crippen LogP contribution is -2.29. The summed E-state index contributed by atoms with van der Waals surface area (Å²) in [4.78, 5) is 37.9. The van der Waals surface area contributed by atoms with Crippen molar-refractivity contribution >= 4 is 23.1 Å². The summed E-state index contributed by atoms with van der Waals surface area (Å²) in [6.45, 7) is -0.0218. The number of methoxy groups -OCH3 is 1. The summed E-state index contributed by atoms with van der Waals surface area (Å²) in [5.74, 6) is -1.39. The van der Waals surface area contributed by atoms with E-state index in [9.17, 15) is 24.8 Å². The molecule has 2 heterocycles. The second-order valence-electron chi connectivity index (χ2n) is 7.06. The number of para-hydroxylation sites is 1. The fraction of sp³-hybridized carbons (Fsp3) is 0.130. The SMILES string of the molecule is COc1ccccc1[C@H]1C(=C(O)c2cccc([N+](=O)[O-])c2)C(=O)C(=O)N1Cc1ccco1. The van der Waals surface area contributed by atoms with Crippen LogP contribution >= 0.6 is 0 Å². The highest BCUT2D eigenvalue weighted by atomic mass is 16.6. The van der Waals surface area contributed by atoms with Crippen LogP contribution < -0.4 is 4.74 Å². The molecule has 0 unspecified atom stereocenters. The molecule has 0 radical (unpaired) electrons. The minimum Gasteiger partial charge on any atom is -0.507 e. The van der Waals surface area contributed by atoms with E-state index in [4.69, 9.17) is 9.15 Å². The van der Waals surface area contributed by atoms with Crippen LogP contribution in [-0.2, 0) is 16.1 Å². The van der Waals surface area contributed by atoms with E-state index in [-0.39, 0.29) is 23.4 Å². The molecule has 4 rings (SSSR count). The molecule has 1 amide bonds. The smallest absolute Gasteiger partial charge is 0.296 e. The fourth-order valence-corrected chi connectivity index (χ4v) is 3.75. The standard InChI is InChI=1S/C23H18N2O7/c1-31-18-10-3-2-9-17(18)20-19(21(26)14-6-4-7-15(12-14)25(29)30)22(27)23(28)24(20)13-16-8-5-11-32-16/h2-12,20,26H,13H2,1H3/t20-/m0/s1. The molecule has 1 aliphatic rings. The number of benzene rings is 2. The van der Waals surface area contributed by atoms with Gasteiger partial charge in [0.05, 0.1) is 36.5 Å². The Labute approximate surface area is 182 Å². The Morgan fingerprint density at radius 3 is 2.62 bits per heavy atom. The normalized spacial score (nSPS) is 17.5. The van der Waals surface area contributed by atoms with Gasteiger partial charge in [0.2, 0.25) is 0 Å². The number of likely N-dealkylation sites (tertiary alicyclic amines) is 1. The first-order valence-corrected chi connectivity index (χ1v) is 9.61. The molecule has 1 N–H and O–H groups in total. The number of non-ortho nitro benzene ring substituents is 1. The van der Waals surface area contributed by atoms with Crippen LogP contribution in [0, 0.1) is 10.1 Å². The van der Waals surface area contributed by atoms with E-state index in [0.29, 0.717) is 17.1 Å². The summed E-state index contributed by atoms with van der Waals surface area (Å²) in [6.07, 6.45) is 1.45. The Balaban J connectivity index is 1.92. The van der Waals surface area contributed by atoms with Gasteiger partial charge in [0.15, 0.2) is 0 Å². The Kier molecular flexibility index (Phi) is 5.46. The van der Waals surface area contributed by atoms with Crippen molar-refractivity contribution in [2.45, 2.75) is 12.6 Å². The number of furan rings is 1. The Bertz CT molecular complexity index is 1230. The molecule has 162 valence electrons. The maximum absolute atomic E-state index is 13.0. The van der Waals surface area contributed by atoms with E-state index < -0.39 is 28.4 Å². The van der Waals surface area contributed by atoms with Crippen LogP contribution in [0.3, 0.4) is 0 Å². The molecule has 3 aromatic rings. The Hall–Kier alpha value is -4.40. The van der Waals surface area contributed by atoms with Crippen LogP contribution in [-0.4, -0.2) is 33.7 Å². The van der Waals surface area contributed by atoms with Crippen molar-refractivity contribution in [1.29, 1.82) is 0 Å². The van der Waals surface area contributed by atoms with E-state index in [1.807, 2.05) is 0 Å². The average molecular weight is 434 g/mol. The molecule has 0 saturated carbocycles. The van der Waals surface area contributed by atoms with Crippen LogP contribution in [0.4, 0.5) is 5.69 Å². The van der Waals surface area contributed by atoms with Crippen molar-refractivity contribution in [3.05, 3.63) is 99.5 Å². The van der Waals surface area contributed by atoms with E-state index in [1.54, 1.807) is 36.4 Å².